The van der Waals surface area contributed by atoms with Crippen LogP contribution in [0.1, 0.15) is 0 Å². The Bertz CT molecular complexity index is 172. The molecule has 0 aromatic heterocycles. The van der Waals surface area contributed by atoms with E-state index in [0.29, 0.717) is 6.54 Å². The second-order valence-corrected chi connectivity index (χ2v) is 2.10. The van der Waals surface area contributed by atoms with Crippen LogP contribution in [0.3, 0.4) is 0 Å². The smallest absolute Gasteiger partial charge is 0.134 e. The Balaban J connectivity index is 2.74. The highest BCUT2D eigenvalue weighted by Gasteiger charge is 2.04. The van der Waals surface area contributed by atoms with Crippen molar-refractivity contribution >= 4 is 0 Å². The minimum atomic E-state index is 0.0984. The molecule has 0 aliphatic carbocycles. The summed E-state index contributed by atoms with van der Waals surface area (Å²) in [7, 11) is 1.78. The standard InChI is InChI=1S/C6H9NO2/c1-7-3-5(8)2-6(9)4-7/h2-3,8-9H,4H2,1H3. The Labute approximate surface area is 53.5 Å². The molecule has 0 saturated carbocycles. The first-order valence-electron chi connectivity index (χ1n) is 2.69. The monoisotopic (exact) mass is 127 g/mol. The normalized spacial score (nSPS) is 19.0. The van der Waals surface area contributed by atoms with Gasteiger partial charge in [0.2, 0.25) is 0 Å². The number of hydrogen-bond donors (Lipinski definition) is 2. The lowest BCUT2D eigenvalue weighted by Crippen LogP contribution is -2.18. The van der Waals surface area contributed by atoms with Gasteiger partial charge in [0.05, 0.1) is 6.54 Å². The molecule has 1 aliphatic rings. The first-order valence-corrected chi connectivity index (χ1v) is 2.69. The third-order valence-corrected chi connectivity index (χ3v) is 1.08. The van der Waals surface area contributed by atoms with E-state index in [1.165, 1.54) is 6.08 Å². The van der Waals surface area contributed by atoms with Crippen molar-refractivity contribution in [1.82, 2.24) is 4.90 Å². The van der Waals surface area contributed by atoms with E-state index in [4.69, 9.17) is 10.2 Å². The van der Waals surface area contributed by atoms with Crippen LogP contribution in [-0.4, -0.2) is 28.7 Å². The highest BCUT2D eigenvalue weighted by atomic mass is 16.3. The van der Waals surface area contributed by atoms with E-state index in [9.17, 15) is 0 Å². The SMILES string of the molecule is CN1C=C(O)C=C(O)C1. The number of aliphatic hydroxyl groups is 2. The molecule has 1 aliphatic heterocycles. The second-order valence-electron chi connectivity index (χ2n) is 2.10. The average Bonchev–Trinajstić information content (AvgIpc) is 1.59. The minimum Gasteiger partial charge on any atom is -0.510 e. The molecule has 0 aromatic rings. The molecule has 3 heteroatoms. The van der Waals surface area contributed by atoms with E-state index in [1.807, 2.05) is 0 Å². The predicted molar refractivity (Wildman–Crippen MR) is 34.1 cm³/mol. The van der Waals surface area contributed by atoms with Crippen molar-refractivity contribution in [3.8, 4) is 0 Å². The molecule has 0 fully saturated rings. The number of allylic oxidation sites excluding steroid dienone is 1. The van der Waals surface area contributed by atoms with Crippen LogP contribution < -0.4 is 0 Å². The number of hydrogen-bond acceptors (Lipinski definition) is 3. The van der Waals surface area contributed by atoms with Crippen LogP contribution in [0.2, 0.25) is 0 Å². The van der Waals surface area contributed by atoms with Gasteiger partial charge in [0.15, 0.2) is 0 Å². The van der Waals surface area contributed by atoms with Gasteiger partial charge in [-0.2, -0.15) is 0 Å². The molecule has 1 heterocycles. The number of aliphatic hydroxyl groups excluding tert-OH is 2. The fourth-order valence-corrected chi connectivity index (χ4v) is 0.781. The molecule has 0 bridgehead atoms. The summed E-state index contributed by atoms with van der Waals surface area (Å²) in [5.74, 6) is 0.291. The van der Waals surface area contributed by atoms with E-state index >= 15 is 0 Å². The van der Waals surface area contributed by atoms with E-state index < -0.39 is 0 Å². The van der Waals surface area contributed by atoms with Gasteiger partial charge in [0, 0.05) is 19.3 Å². The zero-order valence-corrected chi connectivity index (χ0v) is 5.20. The maximum atomic E-state index is 8.87. The van der Waals surface area contributed by atoms with Crippen molar-refractivity contribution in [2.24, 2.45) is 0 Å². The summed E-state index contributed by atoms with van der Waals surface area (Å²) in [6.07, 6.45) is 2.89. The topological polar surface area (TPSA) is 43.7 Å². The molecule has 0 radical (unpaired) electrons. The predicted octanol–water partition coefficient (Wildman–Crippen LogP) is 0.773. The molecule has 9 heavy (non-hydrogen) atoms. The molecular formula is C6H9NO2. The quantitative estimate of drug-likeness (QED) is 0.505. The molecule has 0 saturated heterocycles. The van der Waals surface area contributed by atoms with Crippen LogP contribution in [0.5, 0.6) is 0 Å². The zero-order valence-electron chi connectivity index (χ0n) is 5.20. The highest BCUT2D eigenvalue weighted by Crippen LogP contribution is 2.06. The van der Waals surface area contributed by atoms with E-state index in [2.05, 4.69) is 0 Å². The van der Waals surface area contributed by atoms with E-state index in [-0.39, 0.29) is 11.5 Å². The molecule has 0 atom stereocenters. The number of nitrogens with zero attached hydrogens (tertiary/aromatic N) is 1. The molecule has 2 N–H and O–H groups in total. The minimum absolute atomic E-state index is 0.0984. The summed E-state index contributed by atoms with van der Waals surface area (Å²) in [6, 6.07) is 0. The van der Waals surface area contributed by atoms with Crippen LogP contribution in [0.4, 0.5) is 0 Å². The highest BCUT2D eigenvalue weighted by molar-refractivity contribution is 5.18. The summed E-state index contributed by atoms with van der Waals surface area (Å²) >= 11 is 0. The Kier molecular flexibility index (Phi) is 1.34. The fraction of sp³-hybridized carbons (Fsp3) is 0.333. The molecule has 0 spiro atoms. The van der Waals surface area contributed by atoms with Gasteiger partial charge in [-0.3, -0.25) is 0 Å². The van der Waals surface area contributed by atoms with Gasteiger partial charge in [-0.15, -0.1) is 0 Å². The summed E-state index contributed by atoms with van der Waals surface area (Å²) in [4.78, 5) is 1.70. The van der Waals surface area contributed by atoms with Gasteiger partial charge in [-0.1, -0.05) is 0 Å². The van der Waals surface area contributed by atoms with Crippen molar-refractivity contribution < 1.29 is 10.2 Å². The first-order chi connectivity index (χ1) is 4.18. The third kappa shape index (κ3) is 1.38. The largest absolute Gasteiger partial charge is 0.510 e. The van der Waals surface area contributed by atoms with Gasteiger partial charge in [0.1, 0.15) is 11.5 Å². The van der Waals surface area contributed by atoms with Crippen molar-refractivity contribution in [3.63, 3.8) is 0 Å². The maximum absolute atomic E-state index is 8.87. The maximum Gasteiger partial charge on any atom is 0.134 e. The van der Waals surface area contributed by atoms with Crippen LogP contribution in [0.25, 0.3) is 0 Å². The van der Waals surface area contributed by atoms with Gasteiger partial charge in [-0.05, 0) is 0 Å². The summed E-state index contributed by atoms with van der Waals surface area (Å²) in [6.45, 7) is 0.476. The van der Waals surface area contributed by atoms with Gasteiger partial charge >= 0.3 is 0 Å². The molecule has 1 rings (SSSR count). The lowest BCUT2D eigenvalue weighted by Gasteiger charge is -2.16. The third-order valence-electron chi connectivity index (χ3n) is 1.08. The zero-order chi connectivity index (χ0) is 6.85. The van der Waals surface area contributed by atoms with Crippen LogP contribution >= 0.6 is 0 Å². The second kappa shape index (κ2) is 2.01. The Morgan fingerprint density at radius 3 is 2.67 bits per heavy atom. The lowest BCUT2D eigenvalue weighted by molar-refractivity contribution is 0.308. The molecule has 3 nitrogen and oxygen atoms in total. The van der Waals surface area contributed by atoms with Crippen molar-refractivity contribution in [2.45, 2.75) is 0 Å². The van der Waals surface area contributed by atoms with E-state index in [1.54, 1.807) is 18.1 Å². The number of rotatable bonds is 0. The molecule has 0 unspecified atom stereocenters. The molecule has 0 aromatic carbocycles. The van der Waals surface area contributed by atoms with Crippen molar-refractivity contribution in [3.05, 3.63) is 23.8 Å². The summed E-state index contributed by atoms with van der Waals surface area (Å²) in [5, 5.41) is 17.7. The summed E-state index contributed by atoms with van der Waals surface area (Å²) < 4.78 is 0. The molecule has 50 valence electrons. The van der Waals surface area contributed by atoms with Crippen LogP contribution in [-0.2, 0) is 0 Å². The summed E-state index contributed by atoms with van der Waals surface area (Å²) in [5.41, 5.74) is 0. The van der Waals surface area contributed by atoms with Crippen LogP contribution in [0, 0.1) is 0 Å². The van der Waals surface area contributed by atoms with Crippen molar-refractivity contribution in [2.75, 3.05) is 13.6 Å². The number of likely N-dealkylation sites (N-methyl/N-ethyl adjacent to an activating group) is 1. The first kappa shape index (κ1) is 6.01. The van der Waals surface area contributed by atoms with Gasteiger partial charge in [-0.25, -0.2) is 0 Å². The molecular weight excluding hydrogens is 118 g/mol. The Morgan fingerprint density at radius 2 is 2.22 bits per heavy atom. The lowest BCUT2D eigenvalue weighted by atomic mass is 10.3. The van der Waals surface area contributed by atoms with Gasteiger partial charge < -0.3 is 15.1 Å². The fourth-order valence-electron chi connectivity index (χ4n) is 0.781. The average molecular weight is 127 g/mol. The molecule has 0 amide bonds. The van der Waals surface area contributed by atoms with Crippen molar-refractivity contribution in [1.29, 1.82) is 0 Å². The van der Waals surface area contributed by atoms with Gasteiger partial charge in [0.25, 0.3) is 0 Å². The van der Waals surface area contributed by atoms with E-state index in [0.717, 1.165) is 0 Å². The Hall–Kier alpha value is -1.12. The Morgan fingerprint density at radius 1 is 1.56 bits per heavy atom. The van der Waals surface area contributed by atoms with Crippen LogP contribution in [0.15, 0.2) is 23.8 Å².